The lowest BCUT2D eigenvalue weighted by Gasteiger charge is -2.07. The van der Waals surface area contributed by atoms with Crippen LogP contribution in [0.1, 0.15) is 0 Å². The van der Waals surface area contributed by atoms with Crippen LogP contribution < -0.4 is 5.56 Å². The molecule has 0 saturated carbocycles. The van der Waals surface area contributed by atoms with Gasteiger partial charge in [0.25, 0.3) is 5.56 Å². The summed E-state index contributed by atoms with van der Waals surface area (Å²) in [4.78, 5) is 19.1. The molecule has 2 N–H and O–H groups in total. The average molecular weight is 308 g/mol. The van der Waals surface area contributed by atoms with Crippen molar-refractivity contribution in [2.45, 2.75) is 10.1 Å². The molecular formula is C13H10ClN3O2S. The van der Waals surface area contributed by atoms with Crippen molar-refractivity contribution in [3.8, 4) is 5.75 Å². The molecule has 1 aromatic carbocycles. The molecule has 0 atom stereocenters. The number of aromatic hydroxyl groups is 1. The zero-order chi connectivity index (χ0) is 14.3. The summed E-state index contributed by atoms with van der Waals surface area (Å²) in [5.41, 5.74) is 0.134. The average Bonchev–Trinajstić information content (AvgIpc) is 2.79. The fraction of sp³-hybridized carbons (Fsp3) is 0.0769. The minimum atomic E-state index is -0.370. The predicted molar refractivity (Wildman–Crippen MR) is 78.6 cm³/mol. The van der Waals surface area contributed by atoms with Crippen LogP contribution in [0.5, 0.6) is 5.75 Å². The van der Waals surface area contributed by atoms with E-state index in [0.29, 0.717) is 21.1 Å². The molecular weight excluding hydrogens is 298 g/mol. The van der Waals surface area contributed by atoms with Gasteiger partial charge < -0.3 is 14.7 Å². The molecule has 20 heavy (non-hydrogen) atoms. The fourth-order valence-corrected chi connectivity index (χ4v) is 2.90. The lowest BCUT2D eigenvalue weighted by molar-refractivity contribution is 0.466. The molecule has 0 unspecified atom stereocenters. The van der Waals surface area contributed by atoms with Gasteiger partial charge in [0, 0.05) is 29.9 Å². The number of aryl methyl sites for hydroxylation is 1. The molecule has 0 aliphatic rings. The SMILES string of the molecule is Cn1ccnc1Sc1c(O)c2ccc(Cl)cc2[nH]c1=O. The van der Waals surface area contributed by atoms with Crippen molar-refractivity contribution < 1.29 is 5.11 Å². The Balaban J connectivity index is 2.19. The topological polar surface area (TPSA) is 70.9 Å². The quantitative estimate of drug-likeness (QED) is 0.763. The molecule has 0 fully saturated rings. The van der Waals surface area contributed by atoms with Gasteiger partial charge in [-0.2, -0.15) is 0 Å². The standard InChI is InChI=1S/C13H10ClN3O2S/c1-17-5-4-15-13(17)20-11-10(18)8-3-2-7(14)6-9(8)16-12(11)19/h2-6H,1H3,(H2,16,18,19). The van der Waals surface area contributed by atoms with Crippen molar-refractivity contribution in [1.29, 1.82) is 0 Å². The number of aromatic nitrogens is 3. The van der Waals surface area contributed by atoms with Crippen LogP contribution in [-0.2, 0) is 7.05 Å². The summed E-state index contributed by atoms with van der Waals surface area (Å²) in [6.07, 6.45) is 3.41. The highest BCUT2D eigenvalue weighted by Gasteiger charge is 2.15. The molecule has 0 radical (unpaired) electrons. The van der Waals surface area contributed by atoms with E-state index in [1.807, 2.05) is 7.05 Å². The molecule has 5 nitrogen and oxygen atoms in total. The first kappa shape index (κ1) is 13.1. The fourth-order valence-electron chi connectivity index (χ4n) is 1.87. The van der Waals surface area contributed by atoms with Crippen LogP contribution in [0.4, 0.5) is 0 Å². The van der Waals surface area contributed by atoms with Crippen LogP contribution in [0.3, 0.4) is 0 Å². The maximum atomic E-state index is 12.1. The Kier molecular flexibility index (Phi) is 3.19. The normalized spacial score (nSPS) is 11.1. The number of aromatic amines is 1. The molecule has 7 heteroatoms. The highest BCUT2D eigenvalue weighted by Crippen LogP contribution is 2.35. The van der Waals surface area contributed by atoms with Crippen LogP contribution in [0.25, 0.3) is 10.9 Å². The molecule has 0 spiro atoms. The Bertz CT molecular complexity index is 856. The van der Waals surface area contributed by atoms with Gasteiger partial charge in [0.1, 0.15) is 10.6 Å². The van der Waals surface area contributed by atoms with Crippen LogP contribution in [-0.4, -0.2) is 19.6 Å². The number of nitrogens with zero attached hydrogens (tertiary/aromatic N) is 2. The molecule has 2 heterocycles. The van der Waals surface area contributed by atoms with Crippen molar-refractivity contribution in [1.82, 2.24) is 14.5 Å². The summed E-state index contributed by atoms with van der Waals surface area (Å²) < 4.78 is 1.77. The molecule has 0 amide bonds. The molecule has 0 aliphatic heterocycles. The minimum absolute atomic E-state index is 0.0617. The summed E-state index contributed by atoms with van der Waals surface area (Å²) in [6.45, 7) is 0. The van der Waals surface area contributed by atoms with Crippen LogP contribution >= 0.6 is 23.4 Å². The second-order valence-corrected chi connectivity index (χ2v) is 5.66. The molecule has 0 bridgehead atoms. The van der Waals surface area contributed by atoms with E-state index in [0.717, 1.165) is 11.8 Å². The highest BCUT2D eigenvalue weighted by atomic mass is 35.5. The van der Waals surface area contributed by atoms with Crippen LogP contribution in [0, 0.1) is 0 Å². The van der Waals surface area contributed by atoms with E-state index in [-0.39, 0.29) is 16.2 Å². The van der Waals surface area contributed by atoms with Crippen molar-refractivity contribution >= 4 is 34.3 Å². The molecule has 102 valence electrons. The van der Waals surface area contributed by atoms with Gasteiger partial charge in [0.2, 0.25) is 0 Å². The zero-order valence-electron chi connectivity index (χ0n) is 10.4. The Morgan fingerprint density at radius 2 is 2.25 bits per heavy atom. The molecule has 0 saturated heterocycles. The first-order chi connectivity index (χ1) is 9.56. The van der Waals surface area contributed by atoms with E-state index in [1.165, 1.54) is 0 Å². The molecule has 3 rings (SSSR count). The second-order valence-electron chi connectivity index (χ2n) is 4.24. The summed E-state index contributed by atoms with van der Waals surface area (Å²) in [7, 11) is 1.82. The minimum Gasteiger partial charge on any atom is -0.506 e. The molecule has 2 aromatic heterocycles. The van der Waals surface area contributed by atoms with Gasteiger partial charge in [0.15, 0.2) is 5.16 Å². The molecule has 0 aliphatic carbocycles. The van der Waals surface area contributed by atoms with E-state index >= 15 is 0 Å². The zero-order valence-corrected chi connectivity index (χ0v) is 12.0. The maximum Gasteiger partial charge on any atom is 0.266 e. The first-order valence-electron chi connectivity index (χ1n) is 5.76. The lowest BCUT2D eigenvalue weighted by atomic mass is 10.2. The number of rotatable bonds is 2. The van der Waals surface area contributed by atoms with Crippen LogP contribution in [0.15, 0.2) is 45.4 Å². The monoisotopic (exact) mass is 307 g/mol. The number of hydrogen-bond donors (Lipinski definition) is 2. The van der Waals surface area contributed by atoms with E-state index in [2.05, 4.69) is 9.97 Å². The number of hydrogen-bond acceptors (Lipinski definition) is 4. The van der Waals surface area contributed by atoms with E-state index < -0.39 is 0 Å². The maximum absolute atomic E-state index is 12.1. The number of H-pyrrole nitrogens is 1. The number of nitrogens with one attached hydrogen (secondary N) is 1. The van der Waals surface area contributed by atoms with Crippen molar-refractivity contribution in [2.75, 3.05) is 0 Å². The van der Waals surface area contributed by atoms with Crippen molar-refractivity contribution in [2.24, 2.45) is 7.05 Å². The second kappa shape index (κ2) is 4.88. The predicted octanol–water partition coefficient (Wildman–Crippen LogP) is 2.77. The van der Waals surface area contributed by atoms with Crippen molar-refractivity contribution in [3.63, 3.8) is 0 Å². The van der Waals surface area contributed by atoms with Gasteiger partial charge >= 0.3 is 0 Å². The Hall–Kier alpha value is -1.92. The summed E-state index contributed by atoms with van der Waals surface area (Å²) >= 11 is 7.00. The summed E-state index contributed by atoms with van der Waals surface area (Å²) in [5.74, 6) is -0.0617. The van der Waals surface area contributed by atoms with Crippen LogP contribution in [0.2, 0.25) is 5.02 Å². The third-order valence-corrected chi connectivity index (χ3v) is 4.27. The number of halogens is 1. The smallest absolute Gasteiger partial charge is 0.266 e. The van der Waals surface area contributed by atoms with E-state index in [4.69, 9.17) is 11.6 Å². The number of pyridine rings is 1. The number of fused-ring (bicyclic) bond motifs is 1. The summed E-state index contributed by atoms with van der Waals surface area (Å²) in [5, 5.41) is 12.0. The van der Waals surface area contributed by atoms with Gasteiger partial charge in [0.05, 0.1) is 5.52 Å². The van der Waals surface area contributed by atoms with Crippen molar-refractivity contribution in [3.05, 3.63) is 46.0 Å². The third-order valence-electron chi connectivity index (χ3n) is 2.88. The van der Waals surface area contributed by atoms with E-state index in [1.54, 1.807) is 35.2 Å². The first-order valence-corrected chi connectivity index (χ1v) is 6.95. The lowest BCUT2D eigenvalue weighted by Crippen LogP contribution is -2.09. The largest absolute Gasteiger partial charge is 0.506 e. The highest BCUT2D eigenvalue weighted by molar-refractivity contribution is 7.99. The Labute approximate surface area is 123 Å². The van der Waals surface area contributed by atoms with Gasteiger partial charge in [-0.3, -0.25) is 4.79 Å². The number of imidazole rings is 1. The molecule has 3 aromatic rings. The third kappa shape index (κ3) is 2.17. The summed E-state index contributed by atoms with van der Waals surface area (Å²) in [6, 6.07) is 4.94. The van der Waals surface area contributed by atoms with Gasteiger partial charge in [-0.1, -0.05) is 11.6 Å². The number of benzene rings is 1. The Morgan fingerprint density at radius 3 is 2.95 bits per heavy atom. The van der Waals surface area contributed by atoms with E-state index in [9.17, 15) is 9.90 Å². The van der Waals surface area contributed by atoms with Gasteiger partial charge in [-0.05, 0) is 30.0 Å². The van der Waals surface area contributed by atoms with Gasteiger partial charge in [-0.15, -0.1) is 0 Å². The van der Waals surface area contributed by atoms with Gasteiger partial charge in [-0.25, -0.2) is 4.98 Å². The Morgan fingerprint density at radius 1 is 1.45 bits per heavy atom.